The van der Waals surface area contributed by atoms with Crippen LogP contribution in [0.1, 0.15) is 29.7 Å². The van der Waals surface area contributed by atoms with Crippen molar-refractivity contribution < 1.29 is 19.1 Å². The summed E-state index contributed by atoms with van der Waals surface area (Å²) in [4.78, 5) is 23.2. The first-order valence-electron chi connectivity index (χ1n) is 3.87. The van der Waals surface area contributed by atoms with Crippen molar-refractivity contribution in [2.75, 3.05) is 42.4 Å². The molecule has 0 bridgehead atoms. The first-order chi connectivity index (χ1) is 6.36. The summed E-state index contributed by atoms with van der Waals surface area (Å²) in [5.74, 6) is 0. The largest absolute Gasteiger partial charge is 0.453 e. The van der Waals surface area contributed by atoms with Gasteiger partial charge in [0.05, 0.1) is 14.2 Å². The van der Waals surface area contributed by atoms with Gasteiger partial charge in [0, 0.05) is 28.2 Å². The normalized spacial score (nSPS) is 6.11. The van der Waals surface area contributed by atoms with Crippen LogP contribution < -0.4 is 0 Å². The number of nitrogens with zero attached hydrogens (tertiary/aromatic N) is 2. The molecule has 0 aromatic rings. The number of carbonyl (C=O) groups is 2. The number of amides is 2. The van der Waals surface area contributed by atoms with Gasteiger partial charge in [0.25, 0.3) is 0 Å². The number of hydrogen-bond donors (Lipinski definition) is 0. The molecular formula is C12H34N2O4. The Kier molecular flexibility index (Phi) is 41.7. The maximum atomic E-state index is 10.2. The lowest BCUT2D eigenvalue weighted by Gasteiger charge is -2.05. The smallest absolute Gasteiger partial charge is 0.408 e. The van der Waals surface area contributed by atoms with Crippen molar-refractivity contribution in [3.63, 3.8) is 0 Å². The molecule has 0 aliphatic heterocycles. The molecule has 0 aromatic heterocycles. The molecule has 0 aromatic carbocycles. The van der Waals surface area contributed by atoms with Gasteiger partial charge in [0.1, 0.15) is 0 Å². The molecular weight excluding hydrogens is 236 g/mol. The van der Waals surface area contributed by atoms with E-state index in [4.69, 9.17) is 0 Å². The lowest BCUT2D eigenvalue weighted by Crippen LogP contribution is -2.20. The lowest BCUT2D eigenvalue weighted by molar-refractivity contribution is 0.141. The molecule has 0 saturated heterocycles. The number of ether oxygens (including phenoxy) is 2. The second-order valence-electron chi connectivity index (χ2n) is 2.73. The fraction of sp³-hybridized carbons (Fsp3) is 0.833. The van der Waals surface area contributed by atoms with Crippen LogP contribution in [0.4, 0.5) is 9.59 Å². The van der Waals surface area contributed by atoms with E-state index in [0.29, 0.717) is 0 Å². The first kappa shape index (κ1) is 36.0. The summed E-state index contributed by atoms with van der Waals surface area (Å²) in [6.07, 6.45) is -0.639. The van der Waals surface area contributed by atoms with E-state index in [0.717, 1.165) is 0 Å². The van der Waals surface area contributed by atoms with Crippen LogP contribution in [0.2, 0.25) is 0 Å². The SMILES string of the molecule is C.C.C.C.COC(=O)N(C)C.COC(=O)N(C)C. The fourth-order valence-electron chi connectivity index (χ4n) is 0.365. The minimum Gasteiger partial charge on any atom is -0.453 e. The highest BCUT2D eigenvalue weighted by Crippen LogP contribution is 1.79. The molecule has 6 heteroatoms. The average Bonchev–Trinajstić information content (AvgIpc) is 2.15. The van der Waals surface area contributed by atoms with Crippen molar-refractivity contribution >= 4 is 12.2 Å². The van der Waals surface area contributed by atoms with E-state index in [1.165, 1.54) is 24.0 Å². The Morgan fingerprint density at radius 3 is 0.833 bits per heavy atom. The van der Waals surface area contributed by atoms with Crippen molar-refractivity contribution in [1.29, 1.82) is 0 Å². The molecule has 0 atom stereocenters. The van der Waals surface area contributed by atoms with Crippen molar-refractivity contribution in [2.45, 2.75) is 29.7 Å². The molecule has 0 heterocycles. The molecule has 0 N–H and O–H groups in total. The van der Waals surface area contributed by atoms with Crippen LogP contribution in [-0.4, -0.2) is 64.4 Å². The van der Waals surface area contributed by atoms with Gasteiger partial charge in [-0.05, 0) is 0 Å². The third-order valence-electron chi connectivity index (χ3n) is 1.08. The Labute approximate surface area is 114 Å². The molecule has 0 rings (SSSR count). The van der Waals surface area contributed by atoms with Gasteiger partial charge >= 0.3 is 12.2 Å². The summed E-state index contributed by atoms with van der Waals surface area (Å²) in [7, 11) is 9.22. The predicted octanol–water partition coefficient (Wildman–Crippen LogP) is 3.17. The quantitative estimate of drug-likeness (QED) is 0.678. The summed E-state index contributed by atoms with van der Waals surface area (Å²) in [6, 6.07) is 0. The van der Waals surface area contributed by atoms with Gasteiger partial charge in [-0.15, -0.1) is 0 Å². The highest BCUT2D eigenvalue weighted by atomic mass is 16.5. The van der Waals surface area contributed by atoms with Gasteiger partial charge < -0.3 is 19.3 Å². The summed E-state index contributed by atoms with van der Waals surface area (Å²) in [6.45, 7) is 0. The highest BCUT2D eigenvalue weighted by molar-refractivity contribution is 5.66. The van der Waals surface area contributed by atoms with E-state index in [1.807, 2.05) is 0 Å². The zero-order chi connectivity index (χ0) is 11.7. The second kappa shape index (κ2) is 20.9. The molecule has 0 aliphatic carbocycles. The van der Waals surface area contributed by atoms with Crippen LogP contribution in [0.3, 0.4) is 0 Å². The Morgan fingerprint density at radius 2 is 0.833 bits per heavy atom. The zero-order valence-corrected chi connectivity index (χ0v) is 9.53. The van der Waals surface area contributed by atoms with Crippen molar-refractivity contribution in [3.8, 4) is 0 Å². The summed E-state index contributed by atoms with van der Waals surface area (Å²) in [5.41, 5.74) is 0. The highest BCUT2D eigenvalue weighted by Gasteiger charge is 1.97. The van der Waals surface area contributed by atoms with Gasteiger partial charge in [-0.2, -0.15) is 0 Å². The van der Waals surface area contributed by atoms with E-state index in [9.17, 15) is 9.59 Å². The Bertz CT molecular complexity index is 163. The number of methoxy groups -OCH3 is 2. The van der Waals surface area contributed by atoms with Crippen LogP contribution in [-0.2, 0) is 9.47 Å². The monoisotopic (exact) mass is 270 g/mol. The van der Waals surface area contributed by atoms with Gasteiger partial charge in [-0.25, -0.2) is 9.59 Å². The molecule has 18 heavy (non-hydrogen) atoms. The second-order valence-corrected chi connectivity index (χ2v) is 2.73. The van der Waals surface area contributed by atoms with Crippen LogP contribution in [0.15, 0.2) is 0 Å². The van der Waals surface area contributed by atoms with Crippen LogP contribution in [0, 0.1) is 0 Å². The molecule has 0 radical (unpaired) electrons. The van der Waals surface area contributed by atoms with Gasteiger partial charge in [-0.1, -0.05) is 29.7 Å². The van der Waals surface area contributed by atoms with Crippen LogP contribution in [0.5, 0.6) is 0 Å². The molecule has 0 unspecified atom stereocenters. The number of hydrogen-bond acceptors (Lipinski definition) is 4. The fourth-order valence-corrected chi connectivity index (χ4v) is 0.365. The summed E-state index contributed by atoms with van der Waals surface area (Å²) < 4.78 is 8.60. The van der Waals surface area contributed by atoms with Gasteiger partial charge in [0.2, 0.25) is 0 Å². The molecule has 0 saturated carbocycles. The summed E-state index contributed by atoms with van der Waals surface area (Å²) in [5, 5.41) is 0. The number of carbonyl (C=O) groups excluding carboxylic acids is 2. The molecule has 6 nitrogen and oxygen atoms in total. The lowest BCUT2D eigenvalue weighted by atomic mass is 10.9. The van der Waals surface area contributed by atoms with E-state index >= 15 is 0 Å². The molecule has 0 aliphatic rings. The Morgan fingerprint density at radius 1 is 0.667 bits per heavy atom. The van der Waals surface area contributed by atoms with Crippen molar-refractivity contribution in [2.24, 2.45) is 0 Å². The average molecular weight is 270 g/mol. The van der Waals surface area contributed by atoms with Crippen molar-refractivity contribution in [1.82, 2.24) is 9.80 Å². The maximum absolute atomic E-state index is 10.2. The first-order valence-corrected chi connectivity index (χ1v) is 3.87. The van der Waals surface area contributed by atoms with Gasteiger partial charge in [0.15, 0.2) is 0 Å². The van der Waals surface area contributed by atoms with Crippen LogP contribution in [0.25, 0.3) is 0 Å². The van der Waals surface area contributed by atoms with Crippen molar-refractivity contribution in [3.05, 3.63) is 0 Å². The van der Waals surface area contributed by atoms with E-state index in [1.54, 1.807) is 28.2 Å². The van der Waals surface area contributed by atoms with Gasteiger partial charge in [-0.3, -0.25) is 0 Å². The van der Waals surface area contributed by atoms with E-state index in [2.05, 4.69) is 9.47 Å². The van der Waals surface area contributed by atoms with E-state index < -0.39 is 0 Å². The standard InChI is InChI=1S/2C4H9NO2.4CH4/c2*1-5(2)4(6)7-3;;;;/h2*1-3H3;4*1H4. The molecule has 116 valence electrons. The van der Waals surface area contributed by atoms with Crippen LogP contribution >= 0.6 is 0 Å². The maximum Gasteiger partial charge on any atom is 0.408 e. The zero-order valence-electron chi connectivity index (χ0n) is 9.53. The van der Waals surface area contributed by atoms with E-state index in [-0.39, 0.29) is 41.9 Å². The Balaban J connectivity index is -0.0000000327. The topological polar surface area (TPSA) is 59.1 Å². The Hall–Kier alpha value is -1.46. The number of rotatable bonds is 0. The molecule has 0 fully saturated rings. The predicted molar refractivity (Wildman–Crippen MR) is 79.1 cm³/mol. The minimum absolute atomic E-state index is 0. The summed E-state index contributed by atoms with van der Waals surface area (Å²) >= 11 is 0. The molecule has 2 amide bonds. The third-order valence-corrected chi connectivity index (χ3v) is 1.08. The molecule has 0 spiro atoms. The minimum atomic E-state index is -0.319. The third kappa shape index (κ3) is 24.0.